The van der Waals surface area contributed by atoms with Crippen molar-refractivity contribution in [2.75, 3.05) is 6.54 Å². The quantitative estimate of drug-likeness (QED) is 0.781. The highest BCUT2D eigenvalue weighted by atomic mass is 16.2. The first-order chi connectivity index (χ1) is 9.65. The summed E-state index contributed by atoms with van der Waals surface area (Å²) in [4.78, 5) is 14.2. The Morgan fingerprint density at radius 3 is 3.05 bits per heavy atom. The summed E-state index contributed by atoms with van der Waals surface area (Å²) in [6.07, 6.45) is 9.14. The number of carbonyl (C=O) groups excluding carboxylic acids is 1. The number of rotatable bonds is 2. The smallest absolute Gasteiger partial charge is 0.247 e. The molecule has 0 fully saturated rings. The maximum atomic E-state index is 12.3. The highest BCUT2D eigenvalue weighted by Gasteiger charge is 2.25. The van der Waals surface area contributed by atoms with Crippen LogP contribution in [0.3, 0.4) is 0 Å². The van der Waals surface area contributed by atoms with Gasteiger partial charge in [-0.05, 0) is 25.1 Å². The maximum absolute atomic E-state index is 12.3. The molecule has 5 nitrogen and oxygen atoms in total. The molecule has 2 aromatic rings. The van der Waals surface area contributed by atoms with E-state index in [1.54, 1.807) is 17.0 Å². The molecule has 5 heteroatoms. The third kappa shape index (κ3) is 2.27. The fourth-order valence-electron chi connectivity index (χ4n) is 2.67. The number of hydrogen-bond donors (Lipinski definition) is 0. The Balaban J connectivity index is 1.74. The first-order valence-electron chi connectivity index (χ1n) is 6.77. The fraction of sp³-hybridized carbons (Fsp3) is 0.333. The largest absolute Gasteiger partial charge is 0.348 e. The minimum absolute atomic E-state index is 0.0498. The molecule has 1 amide bonds. The van der Waals surface area contributed by atoms with E-state index >= 15 is 0 Å². The third-order valence-corrected chi connectivity index (χ3v) is 3.77. The molecule has 0 N–H and O–H groups in total. The van der Waals surface area contributed by atoms with Gasteiger partial charge in [0.1, 0.15) is 0 Å². The molecule has 0 radical (unpaired) electrons. The lowest BCUT2D eigenvalue weighted by atomic mass is 10.1. The highest BCUT2D eigenvalue weighted by molar-refractivity contribution is 5.92. The van der Waals surface area contributed by atoms with E-state index in [1.165, 1.54) is 5.69 Å². The van der Waals surface area contributed by atoms with Gasteiger partial charge in [0, 0.05) is 49.9 Å². The van der Waals surface area contributed by atoms with Crippen LogP contribution in [0.2, 0.25) is 0 Å². The van der Waals surface area contributed by atoms with Crippen LogP contribution in [0.25, 0.3) is 6.08 Å². The fourth-order valence-corrected chi connectivity index (χ4v) is 2.67. The molecule has 3 heterocycles. The predicted octanol–water partition coefficient (Wildman–Crippen LogP) is 1.84. The van der Waals surface area contributed by atoms with Gasteiger partial charge >= 0.3 is 0 Å². The maximum Gasteiger partial charge on any atom is 0.247 e. The van der Waals surface area contributed by atoms with Gasteiger partial charge in [0.2, 0.25) is 5.91 Å². The molecule has 0 bridgehead atoms. The van der Waals surface area contributed by atoms with Gasteiger partial charge in [0.05, 0.1) is 12.2 Å². The van der Waals surface area contributed by atoms with Gasteiger partial charge in [-0.2, -0.15) is 5.10 Å². The summed E-state index contributed by atoms with van der Waals surface area (Å²) in [5.74, 6) is 0.0498. The Morgan fingerprint density at radius 2 is 2.30 bits per heavy atom. The Bertz CT molecular complexity index is 652. The number of hydrogen-bond acceptors (Lipinski definition) is 2. The molecule has 1 aliphatic rings. The minimum atomic E-state index is 0.0498. The summed E-state index contributed by atoms with van der Waals surface area (Å²) in [5, 5.41) is 4.08. The number of aromatic nitrogens is 3. The molecule has 104 valence electrons. The molecule has 0 unspecified atom stereocenters. The summed E-state index contributed by atoms with van der Waals surface area (Å²) >= 11 is 0. The first kappa shape index (κ1) is 12.7. The van der Waals surface area contributed by atoms with E-state index in [4.69, 9.17) is 0 Å². The second-order valence-electron chi connectivity index (χ2n) is 5.11. The van der Waals surface area contributed by atoms with Gasteiger partial charge in [-0.3, -0.25) is 9.48 Å². The van der Waals surface area contributed by atoms with Gasteiger partial charge < -0.3 is 9.47 Å². The van der Waals surface area contributed by atoms with Crippen LogP contribution < -0.4 is 0 Å². The summed E-state index contributed by atoms with van der Waals surface area (Å²) in [5.41, 5.74) is 2.13. The zero-order valence-corrected chi connectivity index (χ0v) is 11.7. The zero-order valence-electron chi connectivity index (χ0n) is 11.7. The molecule has 0 saturated carbocycles. The molecular weight excluding hydrogens is 252 g/mol. The second kappa shape index (κ2) is 5.00. The van der Waals surface area contributed by atoms with Gasteiger partial charge in [-0.15, -0.1) is 0 Å². The van der Waals surface area contributed by atoms with Crippen LogP contribution in [0.1, 0.15) is 24.2 Å². The Labute approximate surface area is 118 Å². The molecule has 20 heavy (non-hydrogen) atoms. The lowest BCUT2D eigenvalue weighted by Gasteiger charge is -2.34. The van der Waals surface area contributed by atoms with Crippen molar-refractivity contribution < 1.29 is 4.79 Å². The standard InChI is InChI=1S/C15H18N4O/c1-12-14-4-3-7-18(14)8-9-19(12)15(20)6-5-13-10-16-17(2)11-13/h3-7,10-12H,8-9H2,1-2H3/b6-5-/t12-/m0/s1. The van der Waals surface area contributed by atoms with Crippen molar-refractivity contribution in [1.82, 2.24) is 19.2 Å². The van der Waals surface area contributed by atoms with Crippen LogP contribution in [0, 0.1) is 0 Å². The van der Waals surface area contributed by atoms with E-state index in [-0.39, 0.29) is 11.9 Å². The van der Waals surface area contributed by atoms with E-state index in [0.717, 1.165) is 18.7 Å². The van der Waals surface area contributed by atoms with Gasteiger partial charge in [-0.25, -0.2) is 0 Å². The summed E-state index contributed by atoms with van der Waals surface area (Å²) in [7, 11) is 1.86. The molecular formula is C15H18N4O. The molecule has 0 aromatic carbocycles. The van der Waals surface area contributed by atoms with Gasteiger partial charge in [0.15, 0.2) is 0 Å². The van der Waals surface area contributed by atoms with Crippen molar-refractivity contribution >= 4 is 12.0 Å². The Morgan fingerprint density at radius 1 is 1.45 bits per heavy atom. The topological polar surface area (TPSA) is 43.1 Å². The summed E-state index contributed by atoms with van der Waals surface area (Å²) < 4.78 is 3.93. The molecule has 0 aliphatic carbocycles. The van der Waals surface area contributed by atoms with Crippen LogP contribution in [-0.4, -0.2) is 31.7 Å². The highest BCUT2D eigenvalue weighted by Crippen LogP contribution is 2.25. The number of aryl methyl sites for hydroxylation is 1. The molecule has 1 atom stereocenters. The van der Waals surface area contributed by atoms with Crippen LogP contribution in [-0.2, 0) is 18.4 Å². The van der Waals surface area contributed by atoms with Crippen LogP contribution in [0.4, 0.5) is 0 Å². The molecule has 1 aliphatic heterocycles. The van der Waals surface area contributed by atoms with Crippen molar-refractivity contribution in [2.45, 2.75) is 19.5 Å². The molecule has 2 aromatic heterocycles. The minimum Gasteiger partial charge on any atom is -0.348 e. The monoisotopic (exact) mass is 270 g/mol. The van der Waals surface area contributed by atoms with Crippen molar-refractivity contribution in [3.8, 4) is 0 Å². The van der Waals surface area contributed by atoms with E-state index < -0.39 is 0 Å². The van der Waals surface area contributed by atoms with E-state index in [2.05, 4.69) is 28.9 Å². The normalized spacial score (nSPS) is 18.5. The van der Waals surface area contributed by atoms with Crippen molar-refractivity contribution in [2.24, 2.45) is 7.05 Å². The van der Waals surface area contributed by atoms with E-state index in [1.807, 2.05) is 30.3 Å². The number of nitrogens with zero attached hydrogens (tertiary/aromatic N) is 4. The summed E-state index contributed by atoms with van der Waals surface area (Å²) in [6.45, 7) is 3.68. The first-order valence-corrected chi connectivity index (χ1v) is 6.77. The number of fused-ring (bicyclic) bond motifs is 1. The number of carbonyl (C=O) groups is 1. The SMILES string of the molecule is C[C@H]1c2cccn2CCN1C(=O)/C=C\c1cnn(C)c1. The van der Waals surface area contributed by atoms with Crippen molar-refractivity contribution in [3.63, 3.8) is 0 Å². The Hall–Kier alpha value is -2.30. The number of amides is 1. The summed E-state index contributed by atoms with van der Waals surface area (Å²) in [6, 6.07) is 4.23. The molecule has 0 spiro atoms. The van der Waals surface area contributed by atoms with Crippen LogP contribution >= 0.6 is 0 Å². The molecule has 3 rings (SSSR count). The lowest BCUT2D eigenvalue weighted by Crippen LogP contribution is -2.39. The van der Waals surface area contributed by atoms with E-state index in [9.17, 15) is 4.79 Å². The second-order valence-corrected chi connectivity index (χ2v) is 5.11. The van der Waals surface area contributed by atoms with Crippen molar-refractivity contribution in [3.05, 3.63) is 48.1 Å². The average molecular weight is 270 g/mol. The zero-order chi connectivity index (χ0) is 14.1. The lowest BCUT2D eigenvalue weighted by molar-refractivity contribution is -0.129. The Kier molecular flexibility index (Phi) is 3.18. The van der Waals surface area contributed by atoms with Crippen LogP contribution in [0.15, 0.2) is 36.8 Å². The average Bonchev–Trinajstić information content (AvgIpc) is 3.05. The predicted molar refractivity (Wildman–Crippen MR) is 76.8 cm³/mol. The third-order valence-electron chi connectivity index (χ3n) is 3.77. The van der Waals surface area contributed by atoms with Gasteiger partial charge in [0.25, 0.3) is 0 Å². The van der Waals surface area contributed by atoms with Crippen molar-refractivity contribution in [1.29, 1.82) is 0 Å². The molecule has 0 saturated heterocycles. The van der Waals surface area contributed by atoms with Gasteiger partial charge in [-0.1, -0.05) is 0 Å². The van der Waals surface area contributed by atoms with Crippen LogP contribution in [0.5, 0.6) is 0 Å². The van der Waals surface area contributed by atoms with E-state index in [0.29, 0.717) is 0 Å².